The summed E-state index contributed by atoms with van der Waals surface area (Å²) < 4.78 is 5.18. The van der Waals surface area contributed by atoms with E-state index in [4.69, 9.17) is 16.3 Å². The molecule has 0 spiro atoms. The number of carbonyl (C=O) groups excluding carboxylic acids is 1. The highest BCUT2D eigenvalue weighted by Crippen LogP contribution is 2.31. The number of methoxy groups -OCH3 is 1. The van der Waals surface area contributed by atoms with Crippen LogP contribution in [0.2, 0.25) is 5.02 Å². The molecule has 1 aromatic rings. The second-order valence-electron chi connectivity index (χ2n) is 4.41. The molecule has 0 fully saturated rings. The van der Waals surface area contributed by atoms with Gasteiger partial charge in [0.1, 0.15) is 5.75 Å². The summed E-state index contributed by atoms with van der Waals surface area (Å²) in [7, 11) is 1.55. The standard InChI is InChI=1S/C13H17ClO2/c1-5-13(2,3)12(15)10-8-9(14)6-7-11(10)16-4/h6-8H,5H2,1-4H3. The first-order valence-corrected chi connectivity index (χ1v) is 5.68. The highest BCUT2D eigenvalue weighted by molar-refractivity contribution is 6.31. The van der Waals surface area contributed by atoms with Gasteiger partial charge in [-0.05, 0) is 24.6 Å². The molecule has 0 unspecified atom stereocenters. The van der Waals surface area contributed by atoms with Gasteiger partial charge in [-0.2, -0.15) is 0 Å². The quantitative estimate of drug-likeness (QED) is 0.745. The molecule has 0 N–H and O–H groups in total. The largest absolute Gasteiger partial charge is 0.496 e. The summed E-state index contributed by atoms with van der Waals surface area (Å²) in [4.78, 5) is 12.3. The number of ether oxygens (including phenoxy) is 1. The molecule has 0 saturated heterocycles. The van der Waals surface area contributed by atoms with Gasteiger partial charge in [0.25, 0.3) is 0 Å². The Kier molecular flexibility index (Phi) is 3.98. The average Bonchev–Trinajstić information content (AvgIpc) is 2.28. The normalized spacial score (nSPS) is 11.3. The van der Waals surface area contributed by atoms with Gasteiger partial charge in [0, 0.05) is 10.4 Å². The maximum absolute atomic E-state index is 12.3. The molecular weight excluding hydrogens is 224 g/mol. The summed E-state index contributed by atoms with van der Waals surface area (Å²) in [6, 6.07) is 5.11. The van der Waals surface area contributed by atoms with Gasteiger partial charge in [0.05, 0.1) is 12.7 Å². The van der Waals surface area contributed by atoms with Crippen molar-refractivity contribution in [3.05, 3.63) is 28.8 Å². The number of ketones is 1. The fourth-order valence-corrected chi connectivity index (χ4v) is 1.55. The Morgan fingerprint density at radius 1 is 1.44 bits per heavy atom. The van der Waals surface area contributed by atoms with Crippen LogP contribution in [0.25, 0.3) is 0 Å². The van der Waals surface area contributed by atoms with Gasteiger partial charge >= 0.3 is 0 Å². The maximum atomic E-state index is 12.3. The predicted molar refractivity (Wildman–Crippen MR) is 66.4 cm³/mol. The Hall–Kier alpha value is -1.02. The lowest BCUT2D eigenvalue weighted by Crippen LogP contribution is -2.23. The minimum Gasteiger partial charge on any atom is -0.496 e. The third-order valence-electron chi connectivity index (χ3n) is 2.90. The van der Waals surface area contributed by atoms with Crippen molar-refractivity contribution in [3.8, 4) is 5.75 Å². The van der Waals surface area contributed by atoms with Crippen molar-refractivity contribution in [2.75, 3.05) is 7.11 Å². The molecule has 0 aliphatic rings. The molecule has 16 heavy (non-hydrogen) atoms. The zero-order valence-electron chi connectivity index (χ0n) is 10.1. The van der Waals surface area contributed by atoms with Crippen molar-refractivity contribution in [2.45, 2.75) is 27.2 Å². The number of hydrogen-bond donors (Lipinski definition) is 0. The molecule has 1 rings (SSSR count). The first-order valence-electron chi connectivity index (χ1n) is 5.30. The second-order valence-corrected chi connectivity index (χ2v) is 4.85. The van der Waals surface area contributed by atoms with Gasteiger partial charge in [0.2, 0.25) is 0 Å². The van der Waals surface area contributed by atoms with Crippen LogP contribution in [-0.4, -0.2) is 12.9 Å². The fourth-order valence-electron chi connectivity index (χ4n) is 1.38. The van der Waals surface area contributed by atoms with E-state index in [0.717, 1.165) is 6.42 Å². The summed E-state index contributed by atoms with van der Waals surface area (Å²) in [6.45, 7) is 5.85. The molecule has 0 radical (unpaired) electrons. The van der Waals surface area contributed by atoms with E-state index in [1.807, 2.05) is 20.8 Å². The number of benzene rings is 1. The summed E-state index contributed by atoms with van der Waals surface area (Å²) in [5, 5.41) is 0.552. The molecule has 0 amide bonds. The maximum Gasteiger partial charge on any atom is 0.172 e. The van der Waals surface area contributed by atoms with Crippen LogP contribution >= 0.6 is 11.6 Å². The van der Waals surface area contributed by atoms with Crippen molar-refractivity contribution in [1.29, 1.82) is 0 Å². The Morgan fingerprint density at radius 3 is 2.56 bits per heavy atom. The lowest BCUT2D eigenvalue weighted by atomic mass is 9.82. The highest BCUT2D eigenvalue weighted by Gasteiger charge is 2.28. The molecule has 0 aromatic heterocycles. The van der Waals surface area contributed by atoms with E-state index < -0.39 is 5.41 Å². The van der Waals surface area contributed by atoms with E-state index in [1.54, 1.807) is 25.3 Å². The van der Waals surface area contributed by atoms with Gasteiger partial charge in [0.15, 0.2) is 5.78 Å². The van der Waals surface area contributed by atoms with E-state index >= 15 is 0 Å². The Bertz CT molecular complexity index is 397. The number of Topliss-reactive ketones (excluding diaryl/α,β-unsaturated/α-hetero) is 1. The minimum absolute atomic E-state index is 0.0642. The molecule has 0 aliphatic heterocycles. The molecule has 3 heteroatoms. The van der Waals surface area contributed by atoms with Gasteiger partial charge < -0.3 is 4.74 Å². The van der Waals surface area contributed by atoms with Crippen molar-refractivity contribution >= 4 is 17.4 Å². The van der Waals surface area contributed by atoms with E-state index in [-0.39, 0.29) is 5.78 Å². The summed E-state index contributed by atoms with van der Waals surface area (Å²) in [6.07, 6.45) is 0.779. The average molecular weight is 241 g/mol. The number of halogens is 1. The van der Waals surface area contributed by atoms with Gasteiger partial charge in [-0.3, -0.25) is 4.79 Å². The molecule has 2 nitrogen and oxygen atoms in total. The third kappa shape index (κ3) is 2.56. The van der Waals surface area contributed by atoms with Crippen LogP contribution in [0, 0.1) is 5.41 Å². The monoisotopic (exact) mass is 240 g/mol. The molecule has 88 valence electrons. The Morgan fingerprint density at radius 2 is 2.06 bits per heavy atom. The first kappa shape index (κ1) is 13.0. The number of hydrogen-bond acceptors (Lipinski definition) is 2. The van der Waals surface area contributed by atoms with Gasteiger partial charge in [-0.1, -0.05) is 32.4 Å². The molecular formula is C13H17ClO2. The zero-order valence-corrected chi connectivity index (χ0v) is 10.9. The lowest BCUT2D eigenvalue weighted by Gasteiger charge is -2.22. The van der Waals surface area contributed by atoms with Crippen LogP contribution in [0.5, 0.6) is 5.75 Å². The van der Waals surface area contributed by atoms with E-state index in [2.05, 4.69) is 0 Å². The smallest absolute Gasteiger partial charge is 0.172 e. The van der Waals surface area contributed by atoms with Crippen molar-refractivity contribution in [3.63, 3.8) is 0 Å². The molecule has 0 bridgehead atoms. The molecule has 0 saturated carbocycles. The number of carbonyl (C=O) groups is 1. The first-order chi connectivity index (χ1) is 7.42. The van der Waals surface area contributed by atoms with Crippen LogP contribution in [0.4, 0.5) is 0 Å². The fraction of sp³-hybridized carbons (Fsp3) is 0.462. The Balaban J connectivity index is 3.21. The summed E-state index contributed by atoms with van der Waals surface area (Å²) >= 11 is 5.90. The van der Waals surface area contributed by atoms with Crippen molar-refractivity contribution < 1.29 is 9.53 Å². The molecule has 1 aromatic carbocycles. The van der Waals surface area contributed by atoms with Crippen LogP contribution in [0.1, 0.15) is 37.6 Å². The van der Waals surface area contributed by atoms with Gasteiger partial charge in [-0.25, -0.2) is 0 Å². The van der Waals surface area contributed by atoms with Crippen molar-refractivity contribution in [1.82, 2.24) is 0 Å². The lowest BCUT2D eigenvalue weighted by molar-refractivity contribution is 0.0829. The predicted octanol–water partition coefficient (Wildman–Crippen LogP) is 3.97. The van der Waals surface area contributed by atoms with Crippen molar-refractivity contribution in [2.24, 2.45) is 5.41 Å². The zero-order chi connectivity index (χ0) is 12.3. The van der Waals surface area contributed by atoms with E-state index in [1.165, 1.54) is 0 Å². The molecule has 0 heterocycles. The second kappa shape index (κ2) is 4.88. The summed E-state index contributed by atoms with van der Waals surface area (Å²) in [5.74, 6) is 0.644. The third-order valence-corrected chi connectivity index (χ3v) is 3.14. The summed E-state index contributed by atoms with van der Waals surface area (Å²) in [5.41, 5.74) is 0.166. The van der Waals surface area contributed by atoms with E-state index in [9.17, 15) is 4.79 Å². The van der Waals surface area contributed by atoms with Crippen LogP contribution in [0.15, 0.2) is 18.2 Å². The SMILES string of the molecule is CCC(C)(C)C(=O)c1cc(Cl)ccc1OC. The highest BCUT2D eigenvalue weighted by atomic mass is 35.5. The van der Waals surface area contributed by atoms with Crippen LogP contribution in [-0.2, 0) is 0 Å². The molecule has 0 aliphatic carbocycles. The topological polar surface area (TPSA) is 26.3 Å². The van der Waals surface area contributed by atoms with Crippen LogP contribution < -0.4 is 4.74 Å². The molecule has 0 atom stereocenters. The Labute approximate surface area is 102 Å². The van der Waals surface area contributed by atoms with Gasteiger partial charge in [-0.15, -0.1) is 0 Å². The minimum atomic E-state index is -0.391. The van der Waals surface area contributed by atoms with Crippen LogP contribution in [0.3, 0.4) is 0 Å². The van der Waals surface area contributed by atoms with E-state index in [0.29, 0.717) is 16.3 Å². The number of rotatable bonds is 4.